The summed E-state index contributed by atoms with van der Waals surface area (Å²) >= 11 is 0. The Kier molecular flexibility index (Phi) is 10.3. The second-order valence-corrected chi connectivity index (χ2v) is 11.0. The first-order chi connectivity index (χ1) is 19.5. The summed E-state index contributed by atoms with van der Waals surface area (Å²) in [5.74, 6) is 0.422. The molecule has 0 aliphatic carbocycles. The van der Waals surface area contributed by atoms with Gasteiger partial charge in [-0.3, -0.25) is 0 Å². The van der Waals surface area contributed by atoms with Gasteiger partial charge >= 0.3 is 0 Å². The van der Waals surface area contributed by atoms with Crippen LogP contribution in [-0.2, 0) is 57.8 Å². The van der Waals surface area contributed by atoms with E-state index in [4.69, 9.17) is 0 Å². The minimum absolute atomic E-state index is 0.422. The summed E-state index contributed by atoms with van der Waals surface area (Å²) in [4.78, 5) is 0. The largest absolute Gasteiger partial charge is 0.508 e. The lowest BCUT2D eigenvalue weighted by atomic mass is 9.83. The van der Waals surface area contributed by atoms with Crippen molar-refractivity contribution in [2.75, 3.05) is 0 Å². The fourth-order valence-electron chi connectivity index (χ4n) is 6.81. The van der Waals surface area contributed by atoms with Gasteiger partial charge in [-0.15, -0.1) is 0 Å². The summed E-state index contributed by atoms with van der Waals surface area (Å²) in [6, 6.07) is 24.5. The smallest absolute Gasteiger partial charge is 0.119 e. The number of benzene rings is 4. The van der Waals surface area contributed by atoms with Crippen molar-refractivity contribution in [3.63, 3.8) is 0 Å². The van der Waals surface area contributed by atoms with Crippen LogP contribution < -0.4 is 0 Å². The maximum Gasteiger partial charge on any atom is 0.119 e. The standard InChI is InChI=1S/C39H48O/c1-7-27-16-13-19-30(34(27)10-4)24-33-22-23-39(40)38(26-32-21-15-18-29(9-3)36(32)12-6)37(33)25-31-20-14-17-28(8-2)35(31)11-5/h13-23,40H,7-12,24-26H2,1-6H3. The Balaban J connectivity index is 1.91. The van der Waals surface area contributed by atoms with Gasteiger partial charge in [0.1, 0.15) is 5.75 Å². The third-order valence-electron chi connectivity index (χ3n) is 8.93. The van der Waals surface area contributed by atoms with E-state index in [1.54, 1.807) is 0 Å². The molecule has 0 amide bonds. The molecule has 0 spiro atoms. The van der Waals surface area contributed by atoms with E-state index in [0.717, 1.165) is 63.4 Å². The van der Waals surface area contributed by atoms with E-state index in [1.165, 1.54) is 61.2 Å². The Morgan fingerprint density at radius 3 is 1.10 bits per heavy atom. The molecule has 0 fully saturated rings. The van der Waals surface area contributed by atoms with Crippen LogP contribution >= 0.6 is 0 Å². The summed E-state index contributed by atoms with van der Waals surface area (Å²) < 4.78 is 0. The van der Waals surface area contributed by atoms with Crippen LogP contribution in [0.5, 0.6) is 5.75 Å². The molecule has 40 heavy (non-hydrogen) atoms. The second-order valence-electron chi connectivity index (χ2n) is 11.0. The fraction of sp³-hybridized carbons (Fsp3) is 0.385. The van der Waals surface area contributed by atoms with Crippen LogP contribution in [0.4, 0.5) is 0 Å². The molecule has 0 aliphatic heterocycles. The van der Waals surface area contributed by atoms with Gasteiger partial charge in [0.2, 0.25) is 0 Å². The number of rotatable bonds is 12. The minimum atomic E-state index is 0.422. The van der Waals surface area contributed by atoms with E-state index in [9.17, 15) is 5.11 Å². The number of hydrogen-bond acceptors (Lipinski definition) is 1. The Bertz CT molecular complexity index is 1440. The average Bonchev–Trinajstić information content (AvgIpc) is 2.99. The molecule has 0 bridgehead atoms. The van der Waals surface area contributed by atoms with Gasteiger partial charge < -0.3 is 5.11 Å². The van der Waals surface area contributed by atoms with Crippen molar-refractivity contribution in [2.45, 2.75) is 99.3 Å². The lowest BCUT2D eigenvalue weighted by Crippen LogP contribution is -2.09. The van der Waals surface area contributed by atoms with E-state index >= 15 is 0 Å². The summed E-state index contributed by atoms with van der Waals surface area (Å²) in [6.45, 7) is 13.6. The highest BCUT2D eigenvalue weighted by Crippen LogP contribution is 2.34. The molecule has 0 aliphatic rings. The molecule has 4 rings (SSSR count). The van der Waals surface area contributed by atoms with Gasteiger partial charge in [0.05, 0.1) is 0 Å². The van der Waals surface area contributed by atoms with E-state index < -0.39 is 0 Å². The molecule has 0 heterocycles. The lowest BCUT2D eigenvalue weighted by Gasteiger charge is -2.22. The van der Waals surface area contributed by atoms with Gasteiger partial charge in [0, 0.05) is 12.0 Å². The van der Waals surface area contributed by atoms with Gasteiger partial charge in [-0.2, -0.15) is 0 Å². The van der Waals surface area contributed by atoms with Crippen molar-refractivity contribution in [3.05, 3.63) is 133 Å². The highest BCUT2D eigenvalue weighted by molar-refractivity contribution is 5.53. The highest BCUT2D eigenvalue weighted by atomic mass is 16.3. The van der Waals surface area contributed by atoms with Crippen LogP contribution in [0.25, 0.3) is 0 Å². The molecule has 1 nitrogen and oxygen atoms in total. The predicted octanol–water partition coefficient (Wildman–Crippen LogP) is 9.54. The predicted molar refractivity (Wildman–Crippen MR) is 172 cm³/mol. The molecule has 0 unspecified atom stereocenters. The molecule has 210 valence electrons. The molecule has 0 aromatic heterocycles. The number of phenolic OH excluding ortho intramolecular Hbond substituents is 1. The zero-order chi connectivity index (χ0) is 28.6. The summed E-state index contributed by atoms with van der Waals surface area (Å²) in [7, 11) is 0. The lowest BCUT2D eigenvalue weighted by molar-refractivity contribution is 0.468. The Morgan fingerprint density at radius 1 is 0.350 bits per heavy atom. The van der Waals surface area contributed by atoms with Crippen molar-refractivity contribution in [1.29, 1.82) is 0 Å². The van der Waals surface area contributed by atoms with Crippen LogP contribution in [0.3, 0.4) is 0 Å². The zero-order valence-electron chi connectivity index (χ0n) is 25.7. The highest BCUT2D eigenvalue weighted by Gasteiger charge is 2.19. The summed E-state index contributed by atoms with van der Waals surface area (Å²) in [5.41, 5.74) is 16.6. The Hall–Kier alpha value is -3.32. The number of hydrogen-bond donors (Lipinski definition) is 1. The van der Waals surface area contributed by atoms with Crippen molar-refractivity contribution >= 4 is 0 Å². The Labute approximate surface area is 243 Å². The summed E-state index contributed by atoms with van der Waals surface area (Å²) in [5, 5.41) is 11.4. The van der Waals surface area contributed by atoms with E-state index in [0.29, 0.717) is 5.75 Å². The monoisotopic (exact) mass is 532 g/mol. The molecular formula is C39H48O. The topological polar surface area (TPSA) is 20.2 Å². The van der Waals surface area contributed by atoms with Gasteiger partial charge in [0.15, 0.2) is 0 Å². The third-order valence-corrected chi connectivity index (χ3v) is 8.93. The van der Waals surface area contributed by atoms with Crippen molar-refractivity contribution in [3.8, 4) is 5.75 Å². The molecule has 0 saturated carbocycles. The Morgan fingerprint density at radius 2 is 0.700 bits per heavy atom. The number of phenols is 1. The molecule has 0 radical (unpaired) electrons. The number of aromatic hydroxyl groups is 1. The molecule has 1 N–H and O–H groups in total. The van der Waals surface area contributed by atoms with Crippen LogP contribution in [0.2, 0.25) is 0 Å². The van der Waals surface area contributed by atoms with Gasteiger partial charge in [-0.1, -0.05) is 102 Å². The first kappa shape index (κ1) is 29.7. The minimum Gasteiger partial charge on any atom is -0.508 e. The first-order valence-corrected chi connectivity index (χ1v) is 15.6. The number of aryl methyl sites for hydroxylation is 3. The van der Waals surface area contributed by atoms with E-state index in [2.05, 4.69) is 102 Å². The van der Waals surface area contributed by atoms with Crippen molar-refractivity contribution < 1.29 is 5.11 Å². The zero-order valence-corrected chi connectivity index (χ0v) is 25.7. The van der Waals surface area contributed by atoms with Crippen LogP contribution in [0.15, 0.2) is 66.7 Å². The molecule has 0 saturated heterocycles. The average molecular weight is 533 g/mol. The molecule has 4 aromatic carbocycles. The van der Waals surface area contributed by atoms with Gasteiger partial charge in [0.25, 0.3) is 0 Å². The maximum atomic E-state index is 11.4. The van der Waals surface area contributed by atoms with Crippen molar-refractivity contribution in [2.24, 2.45) is 0 Å². The summed E-state index contributed by atoms with van der Waals surface area (Å²) in [6.07, 6.45) is 8.72. The SMILES string of the molecule is CCc1cccc(Cc2ccc(O)c(Cc3cccc(CC)c3CC)c2Cc2cccc(CC)c2CC)c1CC. The van der Waals surface area contributed by atoms with Crippen LogP contribution in [0.1, 0.15) is 108 Å². The first-order valence-electron chi connectivity index (χ1n) is 15.6. The second kappa shape index (κ2) is 13.8. The molecule has 1 heteroatoms. The van der Waals surface area contributed by atoms with Gasteiger partial charge in [-0.25, -0.2) is 0 Å². The molecular weight excluding hydrogens is 484 g/mol. The van der Waals surface area contributed by atoms with Crippen LogP contribution in [0, 0.1) is 0 Å². The maximum absolute atomic E-state index is 11.4. The fourth-order valence-corrected chi connectivity index (χ4v) is 6.81. The van der Waals surface area contributed by atoms with Gasteiger partial charge in [-0.05, 0) is 119 Å². The molecule has 4 aromatic rings. The quantitative estimate of drug-likeness (QED) is 0.193. The normalized spacial score (nSPS) is 11.2. The third kappa shape index (κ3) is 6.20. The van der Waals surface area contributed by atoms with Crippen molar-refractivity contribution in [1.82, 2.24) is 0 Å². The molecule has 0 atom stereocenters. The van der Waals surface area contributed by atoms with E-state index in [1.807, 2.05) is 6.07 Å². The van der Waals surface area contributed by atoms with Crippen LogP contribution in [-0.4, -0.2) is 5.11 Å². The van der Waals surface area contributed by atoms with E-state index in [-0.39, 0.29) is 0 Å².